The number of esters is 2. The molecule has 0 saturated carbocycles. The monoisotopic (exact) mass is 480 g/mol. The van der Waals surface area contributed by atoms with Crippen LogP contribution in [0.2, 0.25) is 0 Å². The van der Waals surface area contributed by atoms with Gasteiger partial charge in [0.05, 0.1) is 41.7 Å². The topological polar surface area (TPSA) is 143 Å². The lowest BCUT2D eigenvalue weighted by Crippen LogP contribution is -2.27. The molecular weight excluding hydrogens is 460 g/mol. The van der Waals surface area contributed by atoms with E-state index in [0.29, 0.717) is 26.1 Å². The van der Waals surface area contributed by atoms with Gasteiger partial charge in [0.1, 0.15) is 11.5 Å². The minimum absolute atomic E-state index is 0.0421. The number of hydrogen-bond acceptors (Lipinski definition) is 9. The van der Waals surface area contributed by atoms with Crippen LogP contribution in [0.4, 0.5) is 0 Å². The Morgan fingerprint density at radius 3 is 1.97 bits per heavy atom. The van der Waals surface area contributed by atoms with E-state index in [9.17, 15) is 29.1 Å². The Balaban J connectivity index is 1.57. The number of carbonyl (C=O) groups is 5. The Kier molecular flexibility index (Phi) is 5.91. The first-order valence-electron chi connectivity index (χ1n) is 11.1. The van der Waals surface area contributed by atoms with Crippen LogP contribution in [0.25, 0.3) is 0 Å². The van der Waals surface area contributed by atoms with Crippen LogP contribution < -0.4 is 9.47 Å². The molecule has 0 amide bonds. The van der Waals surface area contributed by atoms with Gasteiger partial charge in [0.25, 0.3) is 0 Å². The van der Waals surface area contributed by atoms with E-state index in [2.05, 4.69) is 0 Å². The fourth-order valence-corrected chi connectivity index (χ4v) is 4.37. The van der Waals surface area contributed by atoms with Crippen molar-refractivity contribution >= 4 is 29.5 Å². The van der Waals surface area contributed by atoms with Gasteiger partial charge in [-0.05, 0) is 31.0 Å². The highest BCUT2D eigenvalue weighted by atomic mass is 16.5. The van der Waals surface area contributed by atoms with E-state index in [1.165, 1.54) is 18.2 Å². The largest absolute Gasteiger partial charge is 0.478 e. The van der Waals surface area contributed by atoms with Crippen molar-refractivity contribution in [3.8, 4) is 11.5 Å². The third-order valence-electron chi connectivity index (χ3n) is 6.27. The van der Waals surface area contributed by atoms with E-state index < -0.39 is 41.3 Å². The number of ketones is 2. The van der Waals surface area contributed by atoms with E-state index in [1.807, 2.05) is 0 Å². The molecule has 35 heavy (non-hydrogen) atoms. The predicted molar refractivity (Wildman–Crippen MR) is 116 cm³/mol. The average Bonchev–Trinajstić information content (AvgIpc) is 3.57. The van der Waals surface area contributed by atoms with Crippen LogP contribution in [0.3, 0.4) is 0 Å². The van der Waals surface area contributed by atoms with Crippen molar-refractivity contribution < 1.29 is 48.0 Å². The van der Waals surface area contributed by atoms with Crippen molar-refractivity contribution in [3.05, 3.63) is 58.1 Å². The molecule has 5 rings (SSSR count). The zero-order chi connectivity index (χ0) is 24.7. The number of rotatable bonds is 5. The van der Waals surface area contributed by atoms with Gasteiger partial charge in [0, 0.05) is 24.3 Å². The van der Waals surface area contributed by atoms with Gasteiger partial charge < -0.3 is 24.1 Å². The summed E-state index contributed by atoms with van der Waals surface area (Å²) < 4.78 is 21.3. The lowest BCUT2D eigenvalue weighted by molar-refractivity contribution is -0.139. The molecule has 2 fully saturated rings. The fraction of sp³-hybridized carbons (Fsp3) is 0.320. The Labute approximate surface area is 198 Å². The van der Waals surface area contributed by atoms with Crippen LogP contribution >= 0.6 is 0 Å². The van der Waals surface area contributed by atoms with Gasteiger partial charge in [-0.25, -0.2) is 4.79 Å². The number of carboxylic acid groups (broad SMARTS) is 1. The quantitative estimate of drug-likeness (QED) is 0.426. The maximum Gasteiger partial charge on any atom is 0.335 e. The lowest BCUT2D eigenvalue weighted by Gasteiger charge is -2.23. The number of aromatic carboxylic acids is 1. The molecule has 0 spiro atoms. The predicted octanol–water partition coefficient (Wildman–Crippen LogP) is 2.04. The molecule has 2 aromatic rings. The van der Waals surface area contributed by atoms with E-state index in [1.54, 1.807) is 0 Å². The number of carboxylic acids is 1. The van der Waals surface area contributed by atoms with E-state index in [4.69, 9.17) is 18.9 Å². The molecule has 10 heteroatoms. The highest BCUT2D eigenvalue weighted by Gasteiger charge is 2.38. The summed E-state index contributed by atoms with van der Waals surface area (Å²) in [5.74, 6) is -5.53. The van der Waals surface area contributed by atoms with Crippen molar-refractivity contribution in [1.29, 1.82) is 0 Å². The first kappa shape index (κ1) is 22.9. The minimum atomic E-state index is -1.36. The molecule has 180 valence electrons. The normalized spacial score (nSPS) is 20.8. The molecule has 0 aromatic heterocycles. The summed E-state index contributed by atoms with van der Waals surface area (Å²) in [5, 5.41) is 9.53. The number of fused-ring (bicyclic) bond motifs is 2. The molecule has 2 heterocycles. The van der Waals surface area contributed by atoms with Crippen LogP contribution in [0.1, 0.15) is 55.0 Å². The number of benzene rings is 2. The maximum absolute atomic E-state index is 13.7. The van der Waals surface area contributed by atoms with Crippen LogP contribution in [0.5, 0.6) is 11.5 Å². The van der Waals surface area contributed by atoms with Gasteiger partial charge in [-0.2, -0.15) is 0 Å². The molecule has 10 nitrogen and oxygen atoms in total. The molecule has 1 N–H and O–H groups in total. The van der Waals surface area contributed by atoms with Gasteiger partial charge in [0.2, 0.25) is 5.78 Å². The lowest BCUT2D eigenvalue weighted by atomic mass is 9.82. The Morgan fingerprint density at radius 2 is 1.40 bits per heavy atom. The number of ether oxygens (including phenoxy) is 4. The Bertz CT molecular complexity index is 1270. The summed E-state index contributed by atoms with van der Waals surface area (Å²) in [6, 6.07) is 6.37. The Hall–Kier alpha value is -3.89. The first-order valence-corrected chi connectivity index (χ1v) is 11.1. The summed E-state index contributed by atoms with van der Waals surface area (Å²) in [4.78, 5) is 63.9. The average molecular weight is 480 g/mol. The van der Waals surface area contributed by atoms with Crippen molar-refractivity contribution in [1.82, 2.24) is 0 Å². The first-order chi connectivity index (χ1) is 16.8. The SMILES string of the molecule is O=C(O)c1cc(OC(=O)C2CCOC2)c2c(c1)C(=O)c1cccc(OC(=O)C3CCOC3)c1C2=O. The fourth-order valence-electron chi connectivity index (χ4n) is 4.37. The third-order valence-corrected chi connectivity index (χ3v) is 6.27. The van der Waals surface area contributed by atoms with Crippen LogP contribution in [0, 0.1) is 11.8 Å². The minimum Gasteiger partial charge on any atom is -0.478 e. The highest BCUT2D eigenvalue weighted by Crippen LogP contribution is 2.39. The second-order valence-corrected chi connectivity index (χ2v) is 8.50. The summed E-state index contributed by atoms with van der Waals surface area (Å²) in [6.07, 6.45) is 0.896. The molecule has 2 aliphatic heterocycles. The molecule has 2 saturated heterocycles. The molecular formula is C25H20O10. The second kappa shape index (κ2) is 9.05. The van der Waals surface area contributed by atoms with Crippen molar-refractivity contribution in [2.24, 2.45) is 11.8 Å². The standard InChI is InChI=1S/C25H20O10/c26-21-15-2-1-3-17(34-24(30)12-4-6-32-10-12)19(15)22(27)20-16(21)8-14(23(28)29)9-18(20)35-25(31)13-5-7-33-11-13/h1-3,8-9,12-13H,4-7,10-11H2,(H,28,29). The van der Waals surface area contributed by atoms with Crippen LogP contribution in [-0.4, -0.2) is 61.0 Å². The van der Waals surface area contributed by atoms with Gasteiger partial charge in [-0.3, -0.25) is 19.2 Å². The molecule has 0 radical (unpaired) electrons. The molecule has 2 aromatic carbocycles. The Morgan fingerprint density at radius 1 is 0.800 bits per heavy atom. The highest BCUT2D eigenvalue weighted by molar-refractivity contribution is 6.30. The summed E-state index contributed by atoms with van der Waals surface area (Å²) in [6.45, 7) is 1.13. The maximum atomic E-state index is 13.7. The summed E-state index contributed by atoms with van der Waals surface area (Å²) in [5.41, 5.74) is -0.975. The van der Waals surface area contributed by atoms with Gasteiger partial charge in [-0.1, -0.05) is 12.1 Å². The number of hydrogen-bond donors (Lipinski definition) is 1. The van der Waals surface area contributed by atoms with Gasteiger partial charge >= 0.3 is 17.9 Å². The molecule has 0 bridgehead atoms. The van der Waals surface area contributed by atoms with Crippen LogP contribution in [-0.2, 0) is 19.1 Å². The van der Waals surface area contributed by atoms with Crippen molar-refractivity contribution in [3.63, 3.8) is 0 Å². The summed E-state index contributed by atoms with van der Waals surface area (Å²) >= 11 is 0. The van der Waals surface area contributed by atoms with Gasteiger partial charge in [-0.15, -0.1) is 0 Å². The number of carbonyl (C=O) groups excluding carboxylic acids is 4. The zero-order valence-corrected chi connectivity index (χ0v) is 18.4. The molecule has 1 aliphatic carbocycles. The van der Waals surface area contributed by atoms with Crippen LogP contribution in [0.15, 0.2) is 30.3 Å². The molecule has 2 atom stereocenters. The third kappa shape index (κ3) is 4.11. The van der Waals surface area contributed by atoms with E-state index in [-0.39, 0.29) is 52.5 Å². The smallest absolute Gasteiger partial charge is 0.335 e. The van der Waals surface area contributed by atoms with E-state index in [0.717, 1.165) is 12.1 Å². The summed E-state index contributed by atoms with van der Waals surface area (Å²) in [7, 11) is 0. The van der Waals surface area contributed by atoms with E-state index >= 15 is 0 Å². The zero-order valence-electron chi connectivity index (χ0n) is 18.4. The molecule has 2 unspecified atom stereocenters. The van der Waals surface area contributed by atoms with Crippen molar-refractivity contribution in [2.45, 2.75) is 12.8 Å². The van der Waals surface area contributed by atoms with Gasteiger partial charge in [0.15, 0.2) is 5.78 Å². The second-order valence-electron chi connectivity index (χ2n) is 8.50. The van der Waals surface area contributed by atoms with Crippen molar-refractivity contribution in [2.75, 3.05) is 26.4 Å². The molecule has 3 aliphatic rings.